The topological polar surface area (TPSA) is 41.5 Å². The highest BCUT2D eigenvalue weighted by atomic mass is 16.5. The number of benzene rings is 3. The van der Waals surface area contributed by atoms with Gasteiger partial charge in [0.2, 0.25) is 0 Å². The molecule has 0 amide bonds. The van der Waals surface area contributed by atoms with Gasteiger partial charge in [0.1, 0.15) is 18.5 Å². The first kappa shape index (κ1) is 17.1. The molecule has 1 aliphatic carbocycles. The van der Waals surface area contributed by atoms with E-state index in [4.69, 9.17) is 4.74 Å². The Balaban J connectivity index is 1.34. The molecule has 0 spiro atoms. The highest BCUT2D eigenvalue weighted by molar-refractivity contribution is 5.88. The highest BCUT2D eigenvalue weighted by Gasteiger charge is 2.20. The molecule has 1 aliphatic rings. The molecule has 3 aromatic carbocycles. The zero-order chi connectivity index (χ0) is 17.8. The third-order valence-corrected chi connectivity index (χ3v) is 5.15. The molecule has 0 aromatic heterocycles. The van der Waals surface area contributed by atoms with Gasteiger partial charge in [-0.3, -0.25) is 0 Å². The molecule has 3 nitrogen and oxygen atoms in total. The van der Waals surface area contributed by atoms with Crippen LogP contribution in [0.15, 0.2) is 66.7 Å². The minimum absolute atomic E-state index is 0.287. The lowest BCUT2D eigenvalue weighted by atomic mass is 9.88. The van der Waals surface area contributed by atoms with Gasteiger partial charge >= 0.3 is 0 Å². The van der Waals surface area contributed by atoms with Crippen molar-refractivity contribution in [2.45, 2.75) is 31.4 Å². The van der Waals surface area contributed by atoms with Crippen molar-refractivity contribution in [2.75, 3.05) is 13.2 Å². The zero-order valence-electron chi connectivity index (χ0n) is 14.9. The van der Waals surface area contributed by atoms with Gasteiger partial charge in [0, 0.05) is 18.0 Å². The molecule has 4 rings (SSSR count). The number of rotatable bonds is 6. The maximum Gasteiger partial charge on any atom is 0.127 e. The lowest BCUT2D eigenvalue weighted by Crippen LogP contribution is -2.35. The predicted octanol–water partition coefficient (Wildman–Crippen LogP) is 4.25. The molecule has 2 atom stereocenters. The minimum Gasteiger partial charge on any atom is -0.490 e. The molecule has 0 fully saturated rings. The van der Waals surface area contributed by atoms with Gasteiger partial charge in [0.05, 0.1) is 0 Å². The van der Waals surface area contributed by atoms with Crippen LogP contribution in [0.5, 0.6) is 5.75 Å². The van der Waals surface area contributed by atoms with Crippen molar-refractivity contribution in [3.05, 3.63) is 77.9 Å². The summed E-state index contributed by atoms with van der Waals surface area (Å²) in [7, 11) is 0. The molecule has 0 aliphatic heterocycles. The molecule has 0 saturated heterocycles. The van der Waals surface area contributed by atoms with Gasteiger partial charge in [-0.25, -0.2) is 0 Å². The number of nitrogens with one attached hydrogen (secondary N) is 1. The second-order valence-electron chi connectivity index (χ2n) is 6.99. The summed E-state index contributed by atoms with van der Waals surface area (Å²) >= 11 is 0. The summed E-state index contributed by atoms with van der Waals surface area (Å²) < 4.78 is 5.90. The molecule has 0 heterocycles. The molecule has 0 saturated carbocycles. The molecule has 2 unspecified atom stereocenters. The van der Waals surface area contributed by atoms with Crippen molar-refractivity contribution in [2.24, 2.45) is 0 Å². The SMILES string of the molecule is OC(CNC1CCCc2ccccc21)COc1cccc2ccccc12. The van der Waals surface area contributed by atoms with Crippen LogP contribution in [0.25, 0.3) is 10.8 Å². The molecule has 3 heteroatoms. The summed E-state index contributed by atoms with van der Waals surface area (Å²) in [6.07, 6.45) is 2.93. The van der Waals surface area contributed by atoms with Gasteiger partial charge in [-0.1, -0.05) is 60.7 Å². The maximum absolute atomic E-state index is 10.4. The summed E-state index contributed by atoms with van der Waals surface area (Å²) in [4.78, 5) is 0. The Kier molecular flexibility index (Phi) is 5.19. The van der Waals surface area contributed by atoms with Crippen LogP contribution in [0.4, 0.5) is 0 Å². The molecule has 134 valence electrons. The highest BCUT2D eigenvalue weighted by Crippen LogP contribution is 2.29. The van der Waals surface area contributed by atoms with E-state index in [0.29, 0.717) is 12.6 Å². The fourth-order valence-corrected chi connectivity index (χ4v) is 3.81. The van der Waals surface area contributed by atoms with Crippen molar-refractivity contribution < 1.29 is 9.84 Å². The van der Waals surface area contributed by atoms with Crippen LogP contribution < -0.4 is 10.1 Å². The molecule has 3 aromatic rings. The summed E-state index contributed by atoms with van der Waals surface area (Å²) in [5.74, 6) is 0.824. The van der Waals surface area contributed by atoms with Gasteiger partial charge in [0.15, 0.2) is 0 Å². The number of ether oxygens (including phenoxy) is 1. The number of fused-ring (bicyclic) bond motifs is 2. The molecule has 0 radical (unpaired) electrons. The molecule has 26 heavy (non-hydrogen) atoms. The van der Waals surface area contributed by atoms with Gasteiger partial charge in [-0.2, -0.15) is 0 Å². The van der Waals surface area contributed by atoms with Gasteiger partial charge in [-0.05, 0) is 41.8 Å². The number of hydrogen-bond donors (Lipinski definition) is 2. The van der Waals surface area contributed by atoms with Crippen LogP contribution in [-0.4, -0.2) is 24.4 Å². The second-order valence-corrected chi connectivity index (χ2v) is 6.99. The largest absolute Gasteiger partial charge is 0.490 e. The Labute approximate surface area is 154 Å². The maximum atomic E-state index is 10.4. The predicted molar refractivity (Wildman–Crippen MR) is 106 cm³/mol. The smallest absolute Gasteiger partial charge is 0.127 e. The second kappa shape index (κ2) is 7.90. The van der Waals surface area contributed by atoms with Crippen LogP contribution in [-0.2, 0) is 6.42 Å². The lowest BCUT2D eigenvalue weighted by molar-refractivity contribution is 0.103. The lowest BCUT2D eigenvalue weighted by Gasteiger charge is -2.27. The Morgan fingerprint density at radius 3 is 2.77 bits per heavy atom. The van der Waals surface area contributed by atoms with Crippen LogP contribution in [0.1, 0.15) is 30.0 Å². The molecule has 2 N–H and O–H groups in total. The van der Waals surface area contributed by atoms with E-state index in [1.807, 2.05) is 30.3 Å². The molecular weight excluding hydrogens is 322 g/mol. The van der Waals surface area contributed by atoms with E-state index in [2.05, 4.69) is 41.7 Å². The van der Waals surface area contributed by atoms with Crippen LogP contribution in [0.3, 0.4) is 0 Å². The number of hydrogen-bond acceptors (Lipinski definition) is 3. The fourth-order valence-electron chi connectivity index (χ4n) is 3.81. The first-order valence-corrected chi connectivity index (χ1v) is 9.41. The third-order valence-electron chi connectivity index (χ3n) is 5.15. The summed E-state index contributed by atoms with van der Waals surface area (Å²) in [5, 5.41) is 16.1. The summed E-state index contributed by atoms with van der Waals surface area (Å²) in [6, 6.07) is 23.1. The summed E-state index contributed by atoms with van der Waals surface area (Å²) in [5.41, 5.74) is 2.80. The third kappa shape index (κ3) is 3.74. The average molecular weight is 347 g/mol. The zero-order valence-corrected chi connectivity index (χ0v) is 14.9. The summed E-state index contributed by atoms with van der Waals surface area (Å²) in [6.45, 7) is 0.819. The van der Waals surface area contributed by atoms with E-state index in [-0.39, 0.29) is 6.61 Å². The van der Waals surface area contributed by atoms with Crippen molar-refractivity contribution >= 4 is 10.8 Å². The quantitative estimate of drug-likeness (QED) is 0.700. The van der Waals surface area contributed by atoms with Gasteiger partial charge < -0.3 is 15.2 Å². The van der Waals surface area contributed by atoms with Gasteiger partial charge in [-0.15, -0.1) is 0 Å². The van der Waals surface area contributed by atoms with Crippen molar-refractivity contribution in [3.8, 4) is 5.75 Å². The first-order chi connectivity index (χ1) is 12.8. The number of aliphatic hydroxyl groups is 1. The van der Waals surface area contributed by atoms with E-state index in [1.165, 1.54) is 17.5 Å². The first-order valence-electron chi connectivity index (χ1n) is 9.41. The molecule has 0 bridgehead atoms. The molecular formula is C23H25NO2. The normalized spacial score (nSPS) is 17.7. The van der Waals surface area contributed by atoms with Crippen LogP contribution >= 0.6 is 0 Å². The average Bonchev–Trinajstić information content (AvgIpc) is 2.70. The Morgan fingerprint density at radius 1 is 1.00 bits per heavy atom. The van der Waals surface area contributed by atoms with Crippen molar-refractivity contribution in [3.63, 3.8) is 0 Å². The van der Waals surface area contributed by atoms with Crippen molar-refractivity contribution in [1.29, 1.82) is 0 Å². The van der Waals surface area contributed by atoms with Gasteiger partial charge in [0.25, 0.3) is 0 Å². The Hall–Kier alpha value is -2.36. The van der Waals surface area contributed by atoms with Crippen LogP contribution in [0.2, 0.25) is 0 Å². The van der Waals surface area contributed by atoms with E-state index >= 15 is 0 Å². The Bertz CT molecular complexity index is 871. The van der Waals surface area contributed by atoms with Crippen LogP contribution in [0, 0.1) is 0 Å². The van der Waals surface area contributed by atoms with E-state index < -0.39 is 6.10 Å². The van der Waals surface area contributed by atoms with E-state index in [9.17, 15) is 5.11 Å². The number of aryl methyl sites for hydroxylation is 1. The standard InChI is InChI=1S/C23H25NO2/c25-19(15-24-22-13-5-9-17-7-1-3-11-20(17)22)16-26-23-14-6-10-18-8-2-4-12-21(18)23/h1-4,6-8,10-12,14,19,22,24-25H,5,9,13,15-16H2. The fraction of sp³-hybridized carbons (Fsp3) is 0.304. The van der Waals surface area contributed by atoms with E-state index in [1.54, 1.807) is 0 Å². The monoisotopic (exact) mass is 347 g/mol. The van der Waals surface area contributed by atoms with Crippen molar-refractivity contribution in [1.82, 2.24) is 5.32 Å². The van der Waals surface area contributed by atoms with E-state index in [0.717, 1.165) is 29.4 Å². The number of aliphatic hydroxyl groups excluding tert-OH is 1. The Morgan fingerprint density at radius 2 is 1.81 bits per heavy atom. The minimum atomic E-state index is -0.539.